The molecule has 0 aromatic heterocycles. The normalized spacial score (nSPS) is 17.3. The highest BCUT2D eigenvalue weighted by atomic mass is 32.2. The number of rotatable bonds is 7. The molecule has 0 aliphatic carbocycles. The summed E-state index contributed by atoms with van der Waals surface area (Å²) < 4.78 is 79.1. The van der Waals surface area contributed by atoms with Crippen molar-refractivity contribution in [1.82, 2.24) is 9.73 Å². The van der Waals surface area contributed by atoms with Crippen LogP contribution in [0.2, 0.25) is 0 Å². The zero-order valence-corrected chi connectivity index (χ0v) is 21.8. The first kappa shape index (κ1) is 27.4. The van der Waals surface area contributed by atoms with Crippen LogP contribution in [0.5, 0.6) is 0 Å². The molecule has 1 heterocycles. The van der Waals surface area contributed by atoms with Crippen LogP contribution in [0.3, 0.4) is 0 Å². The second-order valence-electron chi connectivity index (χ2n) is 8.66. The average Bonchev–Trinajstić information content (AvgIpc) is 3.32. The lowest BCUT2D eigenvalue weighted by Gasteiger charge is -2.20. The maximum absolute atomic E-state index is 13.6. The van der Waals surface area contributed by atoms with Gasteiger partial charge in [0.05, 0.1) is 28.9 Å². The Bertz CT molecular complexity index is 1560. The molecule has 0 amide bonds. The molecule has 3 aromatic rings. The van der Waals surface area contributed by atoms with Crippen molar-refractivity contribution < 1.29 is 25.6 Å². The highest BCUT2D eigenvalue weighted by Crippen LogP contribution is 2.29. The number of sulfonamides is 2. The van der Waals surface area contributed by atoms with E-state index in [1.165, 1.54) is 24.1 Å². The summed E-state index contributed by atoms with van der Waals surface area (Å²) >= 11 is 0. The van der Waals surface area contributed by atoms with Gasteiger partial charge < -0.3 is 0 Å². The number of guanidine groups is 1. The predicted molar refractivity (Wildman–Crippen MR) is 140 cm³/mol. The van der Waals surface area contributed by atoms with Gasteiger partial charge in [-0.1, -0.05) is 42.5 Å². The molecule has 3 aromatic carbocycles. The van der Waals surface area contributed by atoms with Crippen LogP contribution in [0.4, 0.5) is 8.78 Å². The van der Waals surface area contributed by atoms with Crippen molar-refractivity contribution in [1.29, 1.82) is 0 Å². The van der Waals surface area contributed by atoms with E-state index in [4.69, 9.17) is 5.14 Å². The summed E-state index contributed by atoms with van der Waals surface area (Å²) in [6.45, 7) is 1.13. The minimum atomic E-state index is -4.26. The number of hydrazone groups is 1. The first-order valence-electron chi connectivity index (χ1n) is 11.5. The molecule has 3 N–H and O–H groups in total. The number of benzene rings is 3. The van der Waals surface area contributed by atoms with Crippen molar-refractivity contribution in [2.75, 3.05) is 13.1 Å². The van der Waals surface area contributed by atoms with Gasteiger partial charge in [0, 0.05) is 5.92 Å². The largest absolute Gasteiger partial charge is 0.264 e. The zero-order valence-electron chi connectivity index (χ0n) is 20.2. The minimum absolute atomic E-state index is 0.144. The molecule has 38 heavy (non-hydrogen) atoms. The Morgan fingerprint density at radius 2 is 1.58 bits per heavy atom. The fourth-order valence-electron chi connectivity index (χ4n) is 3.74. The molecule has 0 bridgehead atoms. The summed E-state index contributed by atoms with van der Waals surface area (Å²) in [5, 5.41) is 10.0. The maximum atomic E-state index is 13.6. The summed E-state index contributed by atoms with van der Waals surface area (Å²) in [5.41, 5.74) is 2.02. The van der Waals surface area contributed by atoms with Gasteiger partial charge in [-0.25, -0.2) is 45.5 Å². The summed E-state index contributed by atoms with van der Waals surface area (Å²) in [7, 11) is -8.21. The number of nitrogens with one attached hydrogen (secondary N) is 1. The number of nitrogens with zero attached hydrogens (tertiary/aromatic N) is 3. The molecule has 1 aliphatic rings. The third-order valence-electron chi connectivity index (χ3n) is 5.91. The third kappa shape index (κ3) is 6.41. The molecule has 13 heteroatoms. The fourth-order valence-corrected chi connectivity index (χ4v) is 5.05. The molecule has 0 spiro atoms. The van der Waals surface area contributed by atoms with Gasteiger partial charge >= 0.3 is 0 Å². The van der Waals surface area contributed by atoms with Gasteiger partial charge in [-0.2, -0.15) is 5.10 Å². The van der Waals surface area contributed by atoms with Gasteiger partial charge in [-0.05, 0) is 54.4 Å². The molecular formula is C25H25F2N5O4S2. The highest BCUT2D eigenvalue weighted by Gasteiger charge is 2.33. The molecule has 0 saturated heterocycles. The van der Waals surface area contributed by atoms with E-state index in [9.17, 15) is 25.6 Å². The van der Waals surface area contributed by atoms with E-state index < -0.39 is 36.9 Å². The fraction of sp³-hybridized carbons (Fsp3) is 0.200. The van der Waals surface area contributed by atoms with Crippen LogP contribution in [0.25, 0.3) is 0 Å². The molecule has 0 saturated carbocycles. The number of halogens is 2. The van der Waals surface area contributed by atoms with Crippen LogP contribution in [0.1, 0.15) is 24.0 Å². The van der Waals surface area contributed by atoms with E-state index in [-0.39, 0.29) is 29.9 Å². The van der Waals surface area contributed by atoms with Crippen molar-refractivity contribution in [3.63, 3.8) is 0 Å². The molecule has 4 rings (SSSR count). The molecule has 200 valence electrons. The van der Waals surface area contributed by atoms with E-state index in [0.717, 1.165) is 29.8 Å². The molecule has 1 aliphatic heterocycles. The van der Waals surface area contributed by atoms with Gasteiger partial charge in [0.25, 0.3) is 10.0 Å². The molecular weight excluding hydrogens is 536 g/mol. The number of nitrogens with two attached hydrogens (primary N) is 1. The van der Waals surface area contributed by atoms with Gasteiger partial charge in [0.15, 0.2) is 0 Å². The summed E-state index contributed by atoms with van der Waals surface area (Å²) in [6.07, 6.45) is 0. The van der Waals surface area contributed by atoms with Gasteiger partial charge in [0.2, 0.25) is 16.0 Å². The van der Waals surface area contributed by atoms with Crippen LogP contribution >= 0.6 is 0 Å². The lowest BCUT2D eigenvalue weighted by molar-refractivity contribution is 0.460. The first-order chi connectivity index (χ1) is 17.9. The molecule has 0 radical (unpaired) electrons. The maximum Gasteiger partial charge on any atom is 0.264 e. The smallest absolute Gasteiger partial charge is 0.249 e. The second kappa shape index (κ2) is 11.0. The van der Waals surface area contributed by atoms with Crippen LogP contribution in [0, 0.1) is 11.6 Å². The van der Waals surface area contributed by atoms with Crippen LogP contribution in [0.15, 0.2) is 93.9 Å². The number of hydrogen-bond acceptors (Lipinski definition) is 6. The lowest BCUT2D eigenvalue weighted by atomic mass is 9.91. The van der Waals surface area contributed by atoms with Crippen LogP contribution in [-0.4, -0.2) is 51.9 Å². The van der Waals surface area contributed by atoms with Crippen molar-refractivity contribution in [3.05, 3.63) is 102 Å². The highest BCUT2D eigenvalue weighted by molar-refractivity contribution is 7.90. The third-order valence-corrected chi connectivity index (χ3v) is 8.52. The Morgan fingerprint density at radius 1 is 1.00 bits per heavy atom. The summed E-state index contributed by atoms with van der Waals surface area (Å²) in [5.74, 6) is -1.63. The SMILES string of the molecule is CC(CN=C(NS(=O)(=O)c1ccc(F)cc1)N1C[C@H](c2ccccc2)C(c2ccc(F)cc2)=N1)S(N)(=O)=O. The Balaban J connectivity index is 1.76. The minimum Gasteiger partial charge on any atom is -0.249 e. The van der Waals surface area contributed by atoms with Gasteiger partial charge in [-0.15, -0.1) is 0 Å². The van der Waals surface area contributed by atoms with E-state index >= 15 is 0 Å². The lowest BCUT2D eigenvalue weighted by Crippen LogP contribution is -2.42. The Labute approximate surface area is 219 Å². The molecule has 1 unspecified atom stereocenters. The number of aliphatic imine (C=N–C) groups is 1. The second-order valence-corrected chi connectivity index (χ2v) is 12.3. The number of primary sulfonamides is 1. The van der Waals surface area contributed by atoms with Gasteiger partial charge in [-0.3, -0.25) is 0 Å². The first-order valence-corrected chi connectivity index (χ1v) is 14.5. The summed E-state index contributed by atoms with van der Waals surface area (Å²) in [4.78, 5) is 3.99. The van der Waals surface area contributed by atoms with Gasteiger partial charge in [0.1, 0.15) is 11.6 Å². The topological polar surface area (TPSA) is 134 Å². The quantitative estimate of drug-likeness (QED) is 0.338. The van der Waals surface area contributed by atoms with Crippen LogP contribution < -0.4 is 9.86 Å². The molecule has 2 atom stereocenters. The molecule has 9 nitrogen and oxygen atoms in total. The van der Waals surface area contributed by atoms with Crippen molar-refractivity contribution >= 4 is 31.7 Å². The van der Waals surface area contributed by atoms with E-state index in [2.05, 4.69) is 14.8 Å². The van der Waals surface area contributed by atoms with E-state index in [1.54, 1.807) is 12.1 Å². The summed E-state index contributed by atoms with van der Waals surface area (Å²) in [6, 6.07) is 19.2. The predicted octanol–water partition coefficient (Wildman–Crippen LogP) is 2.78. The van der Waals surface area contributed by atoms with E-state index in [0.29, 0.717) is 11.3 Å². The monoisotopic (exact) mass is 561 g/mol. The van der Waals surface area contributed by atoms with Crippen molar-refractivity contribution in [2.24, 2.45) is 15.2 Å². The molecule has 0 fully saturated rings. The van der Waals surface area contributed by atoms with Crippen LogP contribution in [-0.2, 0) is 20.0 Å². The van der Waals surface area contributed by atoms with Crippen molar-refractivity contribution in [3.8, 4) is 0 Å². The van der Waals surface area contributed by atoms with Crippen molar-refractivity contribution in [2.45, 2.75) is 23.0 Å². The Hall–Kier alpha value is -3.68. The van der Waals surface area contributed by atoms with E-state index in [1.807, 2.05) is 30.3 Å². The zero-order chi connectivity index (χ0) is 27.5. The average molecular weight is 562 g/mol. The standard InChI is InChI=1S/C25H25F2N5O4S2/c1-17(37(28,33)34)15-29-25(31-38(35,36)22-13-11-21(27)12-14-22)32-16-23(18-5-3-2-4-6-18)24(30-32)19-7-9-20(26)10-8-19/h2-14,17,23H,15-16H2,1H3,(H,29,31)(H2,28,33,34)/t17?,23-/m1/s1. The number of hydrogen-bond donors (Lipinski definition) is 2. The Kier molecular flexibility index (Phi) is 7.90. The Morgan fingerprint density at radius 3 is 2.16 bits per heavy atom.